The summed E-state index contributed by atoms with van der Waals surface area (Å²) in [4.78, 5) is 0. The second-order valence-electron chi connectivity index (χ2n) is 11.8. The zero-order chi connectivity index (χ0) is 28.0. The summed E-state index contributed by atoms with van der Waals surface area (Å²) < 4.78 is 2.58. The molecule has 0 saturated carbocycles. The van der Waals surface area contributed by atoms with E-state index in [1.807, 2.05) is 0 Å². The first-order chi connectivity index (χ1) is 17.8. The Hall–Kier alpha value is -2.48. The van der Waals surface area contributed by atoms with E-state index in [1.165, 1.54) is 110 Å². The standard InChI is InChI=1S/C24H30B13N/c25-10-7(11(26)15(30)18(33)14(10)29)5-2-1-3-6(4-5)38-23-8(12(27)16(31)19(34)21(23)36)9-13(28)17(32)20(35)22(37)24(9)38/h1-4H,25-37H2. The summed E-state index contributed by atoms with van der Waals surface area (Å²) in [6, 6.07) is 9.27. The third-order valence-electron chi connectivity index (χ3n) is 10.4. The Morgan fingerprint density at radius 2 is 0.763 bits per heavy atom. The minimum Gasteiger partial charge on any atom is -0.310 e. The molecule has 0 aliphatic heterocycles. The molecule has 0 aliphatic rings. The molecule has 0 unspecified atom stereocenters. The molecule has 0 aliphatic carbocycles. The molecule has 170 valence electrons. The van der Waals surface area contributed by atoms with Crippen molar-refractivity contribution < 1.29 is 0 Å². The topological polar surface area (TPSA) is 4.93 Å². The summed E-state index contributed by atoms with van der Waals surface area (Å²) >= 11 is 0. The normalized spacial score (nSPS) is 11.5. The minimum atomic E-state index is 1.24. The molecule has 0 fully saturated rings. The maximum atomic E-state index is 2.58. The summed E-state index contributed by atoms with van der Waals surface area (Å²) in [7, 11) is 29.8. The fourth-order valence-corrected chi connectivity index (χ4v) is 6.86. The molecule has 1 aromatic heterocycles. The molecule has 1 heterocycles. The van der Waals surface area contributed by atoms with Crippen LogP contribution >= 0.6 is 0 Å². The van der Waals surface area contributed by atoms with Crippen LogP contribution in [0.3, 0.4) is 0 Å². The van der Waals surface area contributed by atoms with Gasteiger partial charge in [0.25, 0.3) is 0 Å². The highest BCUT2D eigenvalue weighted by molar-refractivity contribution is 6.72. The Bertz CT molecular complexity index is 1750. The van der Waals surface area contributed by atoms with Gasteiger partial charge in [0.2, 0.25) is 0 Å². The van der Waals surface area contributed by atoms with Crippen molar-refractivity contribution in [2.75, 3.05) is 0 Å². The van der Waals surface area contributed by atoms with Gasteiger partial charge in [-0.25, -0.2) is 0 Å². The monoisotopic (exact) mass is 475 g/mol. The van der Waals surface area contributed by atoms with E-state index in [-0.39, 0.29) is 0 Å². The first-order valence-electron chi connectivity index (χ1n) is 14.0. The Kier molecular flexibility index (Phi) is 6.65. The summed E-state index contributed by atoms with van der Waals surface area (Å²) in [6.07, 6.45) is 0. The third kappa shape index (κ3) is 3.58. The van der Waals surface area contributed by atoms with Crippen LogP contribution in [0.5, 0.6) is 0 Å². The molecule has 5 aromatic rings. The van der Waals surface area contributed by atoms with E-state index in [4.69, 9.17) is 0 Å². The molecule has 0 saturated heterocycles. The number of hydrogen-bond donors (Lipinski definition) is 0. The number of hydrogen-bond acceptors (Lipinski definition) is 0. The SMILES string of the molecule is Bc1c(B)c(B)c(-c2cccc(-n3c4c(B)c(B)c(B)c(B)c4c4c(B)c(B)c(B)c(B)c43)c2)c(B)c1B. The highest BCUT2D eigenvalue weighted by atomic mass is 15.0. The zero-order valence-electron chi connectivity index (χ0n) is 25.8. The van der Waals surface area contributed by atoms with Crippen LogP contribution in [0.15, 0.2) is 24.3 Å². The Morgan fingerprint density at radius 1 is 0.395 bits per heavy atom. The van der Waals surface area contributed by atoms with Gasteiger partial charge in [-0.3, -0.25) is 0 Å². The van der Waals surface area contributed by atoms with Gasteiger partial charge in [-0.05, 0) is 34.0 Å². The van der Waals surface area contributed by atoms with E-state index in [0.717, 1.165) is 0 Å². The molecular weight excluding hydrogens is 443 g/mol. The number of fused-ring (bicyclic) bond motifs is 3. The van der Waals surface area contributed by atoms with Gasteiger partial charge in [0.05, 0.1) is 0 Å². The lowest BCUT2D eigenvalue weighted by Gasteiger charge is -2.22. The maximum absolute atomic E-state index is 2.58. The molecule has 0 bridgehead atoms. The first kappa shape index (κ1) is 27.1. The third-order valence-corrected chi connectivity index (χ3v) is 10.4. The van der Waals surface area contributed by atoms with E-state index < -0.39 is 0 Å². The van der Waals surface area contributed by atoms with Gasteiger partial charge in [-0.15, -0.1) is 27.3 Å². The van der Waals surface area contributed by atoms with Gasteiger partial charge < -0.3 is 4.57 Å². The van der Waals surface area contributed by atoms with Crippen molar-refractivity contribution >= 4 is 195 Å². The van der Waals surface area contributed by atoms with E-state index in [9.17, 15) is 0 Å². The molecule has 0 radical (unpaired) electrons. The average Bonchev–Trinajstić information content (AvgIpc) is 3.27. The van der Waals surface area contributed by atoms with Gasteiger partial charge in [0.1, 0.15) is 102 Å². The smallest absolute Gasteiger partial charge is 0.141 e. The lowest BCUT2D eigenvalue weighted by molar-refractivity contribution is 1.19. The van der Waals surface area contributed by atoms with Crippen molar-refractivity contribution in [3.63, 3.8) is 0 Å². The maximum Gasteiger partial charge on any atom is 0.141 e. The highest BCUT2D eigenvalue weighted by Gasteiger charge is 2.23. The molecule has 0 N–H and O–H groups in total. The van der Waals surface area contributed by atoms with Crippen LogP contribution in [-0.2, 0) is 0 Å². The first-order valence-corrected chi connectivity index (χ1v) is 14.0. The van der Waals surface area contributed by atoms with Crippen molar-refractivity contribution in [1.29, 1.82) is 0 Å². The van der Waals surface area contributed by atoms with E-state index in [0.29, 0.717) is 0 Å². The van der Waals surface area contributed by atoms with Crippen LogP contribution in [0.4, 0.5) is 0 Å². The predicted octanol–water partition coefficient (Wildman–Crippen LogP) is -16.2. The summed E-state index contributed by atoms with van der Waals surface area (Å²) in [6.45, 7) is 0. The lowest BCUT2D eigenvalue weighted by Crippen LogP contribution is -2.55. The van der Waals surface area contributed by atoms with Crippen molar-refractivity contribution in [2.45, 2.75) is 0 Å². The van der Waals surface area contributed by atoms with Crippen molar-refractivity contribution in [1.82, 2.24) is 4.57 Å². The van der Waals surface area contributed by atoms with Gasteiger partial charge in [-0.1, -0.05) is 55.8 Å². The average molecular weight is 473 g/mol. The molecule has 0 amide bonds. The summed E-state index contributed by atoms with van der Waals surface area (Å²) in [5.41, 5.74) is 24.8. The summed E-state index contributed by atoms with van der Waals surface area (Å²) in [5, 5.41) is 2.84. The highest BCUT2D eigenvalue weighted by Crippen LogP contribution is 2.28. The molecular formula is C24H30B13N. The summed E-state index contributed by atoms with van der Waals surface area (Å²) in [5.74, 6) is 0. The second-order valence-corrected chi connectivity index (χ2v) is 11.8. The Morgan fingerprint density at radius 3 is 1.21 bits per heavy atom. The largest absolute Gasteiger partial charge is 0.310 e. The second kappa shape index (κ2) is 9.32. The molecule has 0 atom stereocenters. The predicted molar refractivity (Wildman–Crippen MR) is 213 cm³/mol. The van der Waals surface area contributed by atoms with E-state index in [1.54, 1.807) is 0 Å². The van der Waals surface area contributed by atoms with Gasteiger partial charge >= 0.3 is 0 Å². The molecule has 0 spiro atoms. The molecule has 1 nitrogen and oxygen atoms in total. The van der Waals surface area contributed by atoms with Crippen LogP contribution < -0.4 is 71.0 Å². The lowest BCUT2D eigenvalue weighted by atomic mass is 9.59. The van der Waals surface area contributed by atoms with Gasteiger partial charge in [0, 0.05) is 16.7 Å². The molecule has 5 rings (SSSR count). The van der Waals surface area contributed by atoms with Crippen LogP contribution in [0.1, 0.15) is 0 Å². The van der Waals surface area contributed by atoms with Crippen LogP contribution in [0.25, 0.3) is 38.6 Å². The number of aromatic nitrogens is 1. The molecule has 14 heteroatoms. The van der Waals surface area contributed by atoms with Gasteiger partial charge in [0.15, 0.2) is 0 Å². The van der Waals surface area contributed by atoms with Crippen molar-refractivity contribution in [2.24, 2.45) is 0 Å². The quantitative estimate of drug-likeness (QED) is 0.225. The zero-order valence-corrected chi connectivity index (χ0v) is 25.8. The number of benzene rings is 4. The molecule has 38 heavy (non-hydrogen) atoms. The minimum absolute atomic E-state index is 1.24. The number of nitrogens with zero attached hydrogens (tertiary/aromatic N) is 1. The Balaban J connectivity index is 2.00. The molecule has 4 aromatic carbocycles. The number of rotatable bonds is 2. The van der Waals surface area contributed by atoms with Crippen LogP contribution in [0.2, 0.25) is 0 Å². The fourth-order valence-electron chi connectivity index (χ4n) is 6.86. The van der Waals surface area contributed by atoms with Crippen molar-refractivity contribution in [3.05, 3.63) is 24.3 Å². The van der Waals surface area contributed by atoms with Crippen LogP contribution in [-0.4, -0.2) is 107 Å². The fraction of sp³-hybridized carbons (Fsp3) is 0. The van der Waals surface area contributed by atoms with E-state index >= 15 is 0 Å². The van der Waals surface area contributed by atoms with Crippen molar-refractivity contribution in [3.8, 4) is 16.8 Å². The van der Waals surface area contributed by atoms with E-state index in [2.05, 4.69) is 131 Å². The van der Waals surface area contributed by atoms with Crippen LogP contribution in [0, 0.1) is 0 Å². The van der Waals surface area contributed by atoms with Gasteiger partial charge in [-0.2, -0.15) is 0 Å². The Labute approximate surface area is 239 Å².